The number of benzene rings is 3. The summed E-state index contributed by atoms with van der Waals surface area (Å²) in [6.45, 7) is 1.96. The van der Waals surface area contributed by atoms with Crippen molar-refractivity contribution in [1.29, 1.82) is 0 Å². The van der Waals surface area contributed by atoms with Gasteiger partial charge >= 0.3 is 5.91 Å². The standard InChI is InChI=1S/C25H17ClN2O3S/c1-14-6-8-15(9-7-14)21-20(22(29)16-10-12-17(26)13-11-16)23(30)24(31)28(21)25-27-18-4-2-3-5-19(18)32-25/h2-13,21,29H,1H3. The largest absolute Gasteiger partial charge is 0.507 e. The van der Waals surface area contributed by atoms with E-state index in [0.29, 0.717) is 21.3 Å². The highest BCUT2D eigenvalue weighted by atomic mass is 35.5. The van der Waals surface area contributed by atoms with Gasteiger partial charge in [0, 0.05) is 10.6 Å². The summed E-state index contributed by atoms with van der Waals surface area (Å²) in [7, 11) is 0. The van der Waals surface area contributed by atoms with Crippen LogP contribution < -0.4 is 4.90 Å². The van der Waals surface area contributed by atoms with E-state index in [1.54, 1.807) is 24.3 Å². The third-order valence-electron chi connectivity index (χ3n) is 5.44. The van der Waals surface area contributed by atoms with Gasteiger partial charge in [0.05, 0.1) is 21.8 Å². The van der Waals surface area contributed by atoms with E-state index < -0.39 is 17.7 Å². The molecular formula is C25H17ClN2O3S. The number of rotatable bonds is 3. The Bertz CT molecular complexity index is 1360. The highest BCUT2D eigenvalue weighted by molar-refractivity contribution is 7.22. The predicted molar refractivity (Wildman–Crippen MR) is 127 cm³/mol. The average molecular weight is 461 g/mol. The molecule has 1 aliphatic heterocycles. The molecule has 0 spiro atoms. The molecular weight excluding hydrogens is 444 g/mol. The van der Waals surface area contributed by atoms with E-state index in [-0.39, 0.29) is 11.3 Å². The third-order valence-corrected chi connectivity index (χ3v) is 6.73. The van der Waals surface area contributed by atoms with Gasteiger partial charge in [-0.15, -0.1) is 0 Å². The van der Waals surface area contributed by atoms with Gasteiger partial charge in [-0.3, -0.25) is 14.5 Å². The number of halogens is 1. The number of amides is 1. The van der Waals surface area contributed by atoms with Crippen molar-refractivity contribution in [2.75, 3.05) is 4.90 Å². The molecule has 158 valence electrons. The van der Waals surface area contributed by atoms with E-state index >= 15 is 0 Å². The van der Waals surface area contributed by atoms with Crippen molar-refractivity contribution in [3.63, 3.8) is 0 Å². The summed E-state index contributed by atoms with van der Waals surface area (Å²) in [4.78, 5) is 32.4. The minimum atomic E-state index is -0.799. The Labute approximate surface area is 193 Å². The van der Waals surface area contributed by atoms with Crippen molar-refractivity contribution >= 4 is 55.7 Å². The lowest BCUT2D eigenvalue weighted by atomic mass is 9.95. The monoisotopic (exact) mass is 460 g/mol. The second-order valence-corrected chi connectivity index (χ2v) is 9.00. The lowest BCUT2D eigenvalue weighted by Gasteiger charge is -2.23. The van der Waals surface area contributed by atoms with E-state index in [9.17, 15) is 14.7 Å². The topological polar surface area (TPSA) is 70.5 Å². The molecule has 1 unspecified atom stereocenters. The number of fused-ring (bicyclic) bond motifs is 1. The number of aliphatic hydroxyl groups is 1. The quantitative estimate of drug-likeness (QED) is 0.235. The number of ketones is 1. The molecule has 0 aliphatic carbocycles. The second kappa shape index (κ2) is 7.89. The first-order valence-corrected chi connectivity index (χ1v) is 11.1. The molecule has 0 bridgehead atoms. The molecule has 2 heterocycles. The number of anilines is 1. The Morgan fingerprint density at radius 2 is 1.69 bits per heavy atom. The number of carbonyl (C=O) groups is 2. The van der Waals surface area contributed by atoms with Crippen molar-refractivity contribution in [2.24, 2.45) is 0 Å². The van der Waals surface area contributed by atoms with Crippen LogP contribution in [0, 0.1) is 6.92 Å². The van der Waals surface area contributed by atoms with Crippen LogP contribution in [0.15, 0.2) is 78.4 Å². The molecule has 0 saturated carbocycles. The van der Waals surface area contributed by atoms with Gasteiger partial charge in [-0.25, -0.2) is 4.98 Å². The van der Waals surface area contributed by atoms with E-state index in [4.69, 9.17) is 11.6 Å². The maximum absolute atomic E-state index is 13.2. The van der Waals surface area contributed by atoms with Gasteiger partial charge < -0.3 is 5.11 Å². The number of para-hydroxylation sites is 1. The molecule has 1 fully saturated rings. The Morgan fingerprint density at radius 1 is 1.00 bits per heavy atom. The van der Waals surface area contributed by atoms with E-state index in [2.05, 4.69) is 4.98 Å². The van der Waals surface area contributed by atoms with Crippen LogP contribution in [0.2, 0.25) is 5.02 Å². The summed E-state index contributed by atoms with van der Waals surface area (Å²) in [5.74, 6) is -1.71. The Morgan fingerprint density at radius 3 is 2.38 bits per heavy atom. The molecule has 32 heavy (non-hydrogen) atoms. The van der Waals surface area contributed by atoms with Gasteiger partial charge in [0.25, 0.3) is 5.78 Å². The first-order valence-electron chi connectivity index (χ1n) is 9.93. The van der Waals surface area contributed by atoms with Crippen LogP contribution in [0.25, 0.3) is 16.0 Å². The predicted octanol–water partition coefficient (Wildman–Crippen LogP) is 5.88. The smallest absolute Gasteiger partial charge is 0.301 e. The fraction of sp³-hybridized carbons (Fsp3) is 0.0800. The molecule has 7 heteroatoms. The Balaban J connectivity index is 1.73. The van der Waals surface area contributed by atoms with E-state index in [1.165, 1.54) is 16.2 Å². The minimum absolute atomic E-state index is 0.0282. The summed E-state index contributed by atoms with van der Waals surface area (Å²) in [6, 6.07) is 20.8. The summed E-state index contributed by atoms with van der Waals surface area (Å²) in [5.41, 5.74) is 2.94. The second-order valence-electron chi connectivity index (χ2n) is 7.55. The number of aromatic nitrogens is 1. The molecule has 1 aliphatic rings. The fourth-order valence-corrected chi connectivity index (χ4v) is 4.94. The van der Waals surface area contributed by atoms with E-state index in [1.807, 2.05) is 55.5 Å². The summed E-state index contributed by atoms with van der Waals surface area (Å²) >= 11 is 7.31. The minimum Gasteiger partial charge on any atom is -0.507 e. The molecule has 5 nitrogen and oxygen atoms in total. The number of hydrogen-bond donors (Lipinski definition) is 1. The normalized spacial score (nSPS) is 17.9. The Kier molecular flexibility index (Phi) is 5.04. The van der Waals surface area contributed by atoms with Crippen molar-refractivity contribution in [3.05, 3.63) is 100 Å². The van der Waals surface area contributed by atoms with Gasteiger partial charge in [-0.1, -0.05) is 64.9 Å². The lowest BCUT2D eigenvalue weighted by molar-refractivity contribution is -0.132. The lowest BCUT2D eigenvalue weighted by Crippen LogP contribution is -2.29. The van der Waals surface area contributed by atoms with Gasteiger partial charge in [0.15, 0.2) is 5.13 Å². The summed E-state index contributed by atoms with van der Waals surface area (Å²) in [5, 5.41) is 12.0. The van der Waals surface area contributed by atoms with Crippen LogP contribution in [-0.2, 0) is 9.59 Å². The SMILES string of the molecule is Cc1ccc(C2C(=C(O)c3ccc(Cl)cc3)C(=O)C(=O)N2c2nc3ccccc3s2)cc1. The average Bonchev–Trinajstić information content (AvgIpc) is 3.33. The van der Waals surface area contributed by atoms with Crippen molar-refractivity contribution in [2.45, 2.75) is 13.0 Å². The van der Waals surface area contributed by atoms with Crippen LogP contribution in [0.5, 0.6) is 0 Å². The zero-order chi connectivity index (χ0) is 22.4. The molecule has 0 radical (unpaired) electrons. The van der Waals surface area contributed by atoms with Crippen LogP contribution >= 0.6 is 22.9 Å². The van der Waals surface area contributed by atoms with Crippen molar-refractivity contribution < 1.29 is 14.7 Å². The molecule has 1 atom stereocenters. The van der Waals surface area contributed by atoms with Crippen LogP contribution in [0.4, 0.5) is 5.13 Å². The van der Waals surface area contributed by atoms with Crippen molar-refractivity contribution in [1.82, 2.24) is 4.98 Å². The maximum atomic E-state index is 13.2. The first-order chi connectivity index (χ1) is 15.4. The number of thiazole rings is 1. The van der Waals surface area contributed by atoms with Crippen molar-refractivity contribution in [3.8, 4) is 0 Å². The van der Waals surface area contributed by atoms with Crippen LogP contribution in [0.1, 0.15) is 22.7 Å². The molecule has 1 amide bonds. The number of Topliss-reactive ketones (excluding diaryl/α,β-unsaturated/α-hetero) is 1. The van der Waals surface area contributed by atoms with Gasteiger partial charge in [-0.2, -0.15) is 0 Å². The molecule has 1 N–H and O–H groups in total. The zero-order valence-electron chi connectivity index (χ0n) is 16.9. The summed E-state index contributed by atoms with van der Waals surface area (Å²) < 4.78 is 0.907. The first kappa shape index (κ1) is 20.4. The summed E-state index contributed by atoms with van der Waals surface area (Å²) in [6.07, 6.45) is 0. The number of aliphatic hydroxyl groups excluding tert-OH is 1. The highest BCUT2D eigenvalue weighted by Gasteiger charge is 2.48. The number of hydrogen-bond acceptors (Lipinski definition) is 5. The Hall–Kier alpha value is -3.48. The number of carbonyl (C=O) groups excluding carboxylic acids is 2. The molecule has 4 aromatic rings. The molecule has 5 rings (SSSR count). The zero-order valence-corrected chi connectivity index (χ0v) is 18.5. The van der Waals surface area contributed by atoms with Gasteiger partial charge in [0.1, 0.15) is 5.76 Å². The number of nitrogens with zero attached hydrogens (tertiary/aromatic N) is 2. The maximum Gasteiger partial charge on any atom is 0.301 e. The van der Waals surface area contributed by atoms with E-state index in [0.717, 1.165) is 15.8 Å². The third kappa shape index (κ3) is 3.38. The van der Waals surface area contributed by atoms with Gasteiger partial charge in [-0.05, 0) is 48.9 Å². The van der Waals surface area contributed by atoms with Gasteiger partial charge in [0.2, 0.25) is 0 Å². The van der Waals surface area contributed by atoms with Crippen LogP contribution in [-0.4, -0.2) is 21.8 Å². The highest BCUT2D eigenvalue weighted by Crippen LogP contribution is 2.44. The fourth-order valence-electron chi connectivity index (χ4n) is 3.82. The molecule has 3 aromatic carbocycles. The number of aryl methyl sites for hydroxylation is 1. The molecule has 1 aromatic heterocycles. The van der Waals surface area contributed by atoms with Crippen LogP contribution in [0.3, 0.4) is 0 Å². The molecule has 1 saturated heterocycles.